The third kappa shape index (κ3) is 5.87. The van der Waals surface area contributed by atoms with E-state index >= 15 is 0 Å². The van der Waals surface area contributed by atoms with Crippen LogP contribution in [-0.4, -0.2) is 53.0 Å². The largest absolute Gasteiger partial charge is 0.434 e. The van der Waals surface area contributed by atoms with E-state index in [1.807, 2.05) is 31.2 Å². The minimum absolute atomic E-state index is 0.0149. The Bertz CT molecular complexity index is 1350. The minimum atomic E-state index is -3.12. The normalized spacial score (nSPS) is 15.9. The number of carbonyl (C=O) groups is 1. The van der Waals surface area contributed by atoms with Crippen molar-refractivity contribution in [2.75, 3.05) is 19.6 Å². The van der Waals surface area contributed by atoms with E-state index in [2.05, 4.69) is 26.5 Å². The van der Waals surface area contributed by atoms with Crippen LogP contribution in [0.15, 0.2) is 35.1 Å². The first-order valence-electron chi connectivity index (χ1n) is 12.6. The Labute approximate surface area is 217 Å². The number of fused-ring (bicyclic) bond motifs is 1. The summed E-state index contributed by atoms with van der Waals surface area (Å²) in [5, 5.41) is 3.43. The highest BCUT2D eigenvalue weighted by atomic mass is 19.3. The van der Waals surface area contributed by atoms with Crippen LogP contribution in [0.5, 0.6) is 5.75 Å². The number of likely N-dealkylation sites (tertiary alicyclic amines) is 1. The van der Waals surface area contributed by atoms with Crippen molar-refractivity contribution >= 4 is 16.8 Å². The van der Waals surface area contributed by atoms with Gasteiger partial charge in [0.15, 0.2) is 0 Å². The highest BCUT2D eigenvalue weighted by Crippen LogP contribution is 2.36. The van der Waals surface area contributed by atoms with E-state index in [0.717, 1.165) is 29.4 Å². The highest BCUT2D eigenvalue weighted by Gasteiger charge is 2.30. The first-order chi connectivity index (χ1) is 18.1. The van der Waals surface area contributed by atoms with E-state index in [4.69, 9.17) is 0 Å². The number of aromatic amines is 1. The number of amides is 1. The summed E-state index contributed by atoms with van der Waals surface area (Å²) in [4.78, 5) is 30.2. The van der Waals surface area contributed by atoms with Gasteiger partial charge in [0.25, 0.3) is 17.9 Å². The number of aryl methyl sites for hydroxylation is 1. The van der Waals surface area contributed by atoms with Crippen molar-refractivity contribution in [2.45, 2.75) is 59.2 Å². The maximum Gasteiger partial charge on any atom is 0.387 e. The summed E-state index contributed by atoms with van der Waals surface area (Å²) in [6, 6.07) is 8.80. The third-order valence-electron chi connectivity index (χ3n) is 7.37. The molecule has 1 aliphatic heterocycles. The fraction of sp³-hybridized carbons (Fsp3) is 0.481. The molecule has 3 aromatic rings. The van der Waals surface area contributed by atoms with Crippen LogP contribution in [0.1, 0.15) is 53.1 Å². The van der Waals surface area contributed by atoms with E-state index in [1.54, 1.807) is 11.8 Å². The molecule has 1 fully saturated rings. The zero-order valence-electron chi connectivity index (χ0n) is 21.6. The lowest BCUT2D eigenvalue weighted by Crippen LogP contribution is -2.38. The second kappa shape index (κ2) is 11.6. The standard InChI is InChI=1S/C27H32F4N4O3/c1-15-12-22(38-27(30)31)20(25(36)33-15)13-32-26(37)24-17(3)35(21-7-5-4-6-19(21)24)16(2)18-8-10-34(11-9-18)14-23(28)29/h4-7,12,16,18,23,27H,8-11,13-14H2,1-3H3,(H,32,37)(H,33,36)/t16-/m1/s1. The number of aromatic nitrogens is 2. The van der Waals surface area contributed by atoms with E-state index in [1.165, 1.54) is 6.07 Å². The summed E-state index contributed by atoms with van der Waals surface area (Å²) < 4.78 is 58.0. The van der Waals surface area contributed by atoms with Gasteiger partial charge in [-0.2, -0.15) is 8.78 Å². The lowest BCUT2D eigenvalue weighted by Gasteiger charge is -2.36. The molecule has 11 heteroatoms. The number of nitrogens with zero attached hydrogens (tertiary/aromatic N) is 2. The van der Waals surface area contributed by atoms with Gasteiger partial charge in [-0.25, -0.2) is 8.78 Å². The van der Waals surface area contributed by atoms with E-state index in [9.17, 15) is 27.2 Å². The monoisotopic (exact) mass is 536 g/mol. The van der Waals surface area contributed by atoms with Crippen LogP contribution in [0, 0.1) is 19.8 Å². The molecule has 0 radical (unpaired) electrons. The zero-order valence-corrected chi connectivity index (χ0v) is 21.6. The zero-order chi connectivity index (χ0) is 27.6. The van der Waals surface area contributed by atoms with E-state index in [0.29, 0.717) is 24.3 Å². The number of halogens is 4. The first kappa shape index (κ1) is 27.7. The Morgan fingerprint density at radius 1 is 1.16 bits per heavy atom. The molecule has 1 aliphatic rings. The maximum atomic E-state index is 13.4. The van der Waals surface area contributed by atoms with E-state index in [-0.39, 0.29) is 36.4 Å². The van der Waals surface area contributed by atoms with Gasteiger partial charge >= 0.3 is 6.61 Å². The fourth-order valence-electron chi connectivity index (χ4n) is 5.54. The van der Waals surface area contributed by atoms with Crippen LogP contribution >= 0.6 is 0 Å². The Kier molecular flexibility index (Phi) is 8.44. The SMILES string of the molecule is Cc1cc(OC(F)F)c(CNC(=O)c2c(C)n([C@H](C)C3CCN(CC(F)F)CC3)c3ccccc23)c(=O)[nH]1. The van der Waals surface area contributed by atoms with Gasteiger partial charge in [-0.05, 0) is 58.7 Å². The van der Waals surface area contributed by atoms with Crippen molar-refractivity contribution in [1.82, 2.24) is 19.8 Å². The molecule has 7 nitrogen and oxygen atoms in total. The summed E-state index contributed by atoms with van der Waals surface area (Å²) in [5.41, 5.74) is 1.67. The van der Waals surface area contributed by atoms with Crippen molar-refractivity contribution < 1.29 is 27.1 Å². The van der Waals surface area contributed by atoms with Crippen LogP contribution in [0.4, 0.5) is 17.6 Å². The fourth-order valence-corrected chi connectivity index (χ4v) is 5.54. The summed E-state index contributed by atoms with van der Waals surface area (Å²) in [6.07, 6.45) is -0.816. The molecule has 0 bridgehead atoms. The molecule has 0 spiro atoms. The Morgan fingerprint density at radius 2 is 1.84 bits per heavy atom. The molecule has 1 amide bonds. The molecule has 0 saturated carbocycles. The highest BCUT2D eigenvalue weighted by molar-refractivity contribution is 6.08. The topological polar surface area (TPSA) is 79.4 Å². The van der Waals surface area contributed by atoms with Gasteiger partial charge in [-0.15, -0.1) is 0 Å². The number of nitrogens with one attached hydrogen (secondary N) is 2. The molecule has 2 aromatic heterocycles. The van der Waals surface area contributed by atoms with Crippen molar-refractivity contribution in [2.24, 2.45) is 5.92 Å². The van der Waals surface area contributed by atoms with Crippen LogP contribution < -0.4 is 15.6 Å². The molecule has 4 rings (SSSR count). The van der Waals surface area contributed by atoms with Crippen molar-refractivity contribution in [1.29, 1.82) is 0 Å². The molecule has 1 aromatic carbocycles. The molecular formula is C27H32F4N4O3. The molecule has 0 unspecified atom stereocenters. The Hall–Kier alpha value is -3.34. The van der Waals surface area contributed by atoms with Gasteiger partial charge < -0.3 is 19.6 Å². The molecule has 3 heterocycles. The number of hydrogen-bond donors (Lipinski definition) is 2. The number of ether oxygens (including phenoxy) is 1. The van der Waals surface area contributed by atoms with Crippen molar-refractivity contribution in [3.8, 4) is 5.75 Å². The average molecular weight is 537 g/mol. The molecular weight excluding hydrogens is 504 g/mol. The number of rotatable bonds is 9. The quantitative estimate of drug-likeness (QED) is 0.377. The lowest BCUT2D eigenvalue weighted by atomic mass is 9.90. The van der Waals surface area contributed by atoms with Crippen LogP contribution in [0.2, 0.25) is 0 Å². The summed E-state index contributed by atoms with van der Waals surface area (Å²) in [7, 11) is 0. The van der Waals surface area contributed by atoms with Gasteiger partial charge in [-0.1, -0.05) is 18.2 Å². The molecule has 1 atom stereocenters. The minimum Gasteiger partial charge on any atom is -0.434 e. The number of alkyl halides is 4. The summed E-state index contributed by atoms with van der Waals surface area (Å²) in [5.74, 6) is -0.485. The number of para-hydroxylation sites is 1. The van der Waals surface area contributed by atoms with Crippen LogP contribution in [-0.2, 0) is 6.54 Å². The Balaban J connectivity index is 1.59. The predicted molar refractivity (Wildman–Crippen MR) is 136 cm³/mol. The number of benzene rings is 1. The smallest absolute Gasteiger partial charge is 0.387 e. The number of hydrogen-bond acceptors (Lipinski definition) is 4. The molecule has 206 valence electrons. The van der Waals surface area contributed by atoms with Gasteiger partial charge in [0.05, 0.1) is 24.2 Å². The average Bonchev–Trinajstić information content (AvgIpc) is 3.14. The number of carbonyl (C=O) groups excluding carboxylic acids is 1. The maximum absolute atomic E-state index is 13.4. The van der Waals surface area contributed by atoms with Gasteiger partial charge in [0, 0.05) is 34.4 Å². The molecule has 2 N–H and O–H groups in total. The summed E-state index contributed by atoms with van der Waals surface area (Å²) in [6.45, 7) is 3.03. The van der Waals surface area contributed by atoms with Gasteiger partial charge in [0.2, 0.25) is 0 Å². The van der Waals surface area contributed by atoms with Crippen LogP contribution in [0.3, 0.4) is 0 Å². The van der Waals surface area contributed by atoms with Gasteiger partial charge in [0.1, 0.15) is 5.75 Å². The second-order valence-electron chi connectivity index (χ2n) is 9.80. The molecule has 0 aliphatic carbocycles. The van der Waals surface area contributed by atoms with E-state index < -0.39 is 24.5 Å². The number of piperidine rings is 1. The van der Waals surface area contributed by atoms with Crippen LogP contribution in [0.25, 0.3) is 10.9 Å². The molecule has 1 saturated heterocycles. The molecule has 38 heavy (non-hydrogen) atoms. The third-order valence-corrected chi connectivity index (χ3v) is 7.37. The number of H-pyrrole nitrogens is 1. The second-order valence-corrected chi connectivity index (χ2v) is 9.80. The van der Waals surface area contributed by atoms with Crippen molar-refractivity contribution in [3.63, 3.8) is 0 Å². The summed E-state index contributed by atoms with van der Waals surface area (Å²) >= 11 is 0. The Morgan fingerprint density at radius 3 is 2.50 bits per heavy atom. The van der Waals surface area contributed by atoms with Gasteiger partial charge in [-0.3, -0.25) is 14.5 Å². The first-order valence-corrected chi connectivity index (χ1v) is 12.6. The lowest BCUT2D eigenvalue weighted by molar-refractivity contribution is -0.0506. The predicted octanol–water partition coefficient (Wildman–Crippen LogP) is 5.02. The number of pyridine rings is 1. The van der Waals surface area contributed by atoms with Crippen molar-refractivity contribution in [3.05, 3.63) is 63.2 Å².